The van der Waals surface area contributed by atoms with Gasteiger partial charge < -0.3 is 10.4 Å². The van der Waals surface area contributed by atoms with E-state index >= 15 is 0 Å². The van der Waals surface area contributed by atoms with Crippen molar-refractivity contribution in [2.75, 3.05) is 5.32 Å². The number of rotatable bonds is 4. The monoisotopic (exact) mass is 298 g/mol. The number of hydrogen-bond donors (Lipinski definition) is 2. The van der Waals surface area contributed by atoms with Gasteiger partial charge in [0.05, 0.1) is 4.92 Å². The number of nitro groups is 1. The molecule has 0 saturated heterocycles. The SMILES string of the molecule is O=[N+]([O-])c1cc(CNc2ccc(O)c(F)c2)c(F)cc1F. The third-order valence-electron chi connectivity index (χ3n) is 2.74. The number of aromatic hydroxyl groups is 1. The molecule has 0 spiro atoms. The number of nitro benzene ring substituents is 1. The van der Waals surface area contributed by atoms with Gasteiger partial charge in [-0.25, -0.2) is 8.78 Å². The molecule has 0 fully saturated rings. The van der Waals surface area contributed by atoms with Crippen molar-refractivity contribution >= 4 is 11.4 Å². The van der Waals surface area contributed by atoms with Crippen LogP contribution in [-0.2, 0) is 6.54 Å². The molecule has 0 aliphatic carbocycles. The van der Waals surface area contributed by atoms with Crippen molar-refractivity contribution in [3.8, 4) is 5.75 Å². The fraction of sp³-hybridized carbons (Fsp3) is 0.0769. The molecule has 0 unspecified atom stereocenters. The molecule has 21 heavy (non-hydrogen) atoms. The lowest BCUT2D eigenvalue weighted by atomic mass is 10.1. The van der Waals surface area contributed by atoms with Crippen LogP contribution in [0.1, 0.15) is 5.56 Å². The maximum Gasteiger partial charge on any atom is 0.305 e. The van der Waals surface area contributed by atoms with E-state index in [1.165, 1.54) is 6.07 Å². The minimum atomic E-state index is -1.27. The molecule has 2 rings (SSSR count). The summed E-state index contributed by atoms with van der Waals surface area (Å²) in [7, 11) is 0. The molecule has 5 nitrogen and oxygen atoms in total. The Bertz CT molecular complexity index is 707. The van der Waals surface area contributed by atoms with Crippen molar-refractivity contribution in [1.29, 1.82) is 0 Å². The summed E-state index contributed by atoms with van der Waals surface area (Å²) in [5.41, 5.74) is -0.752. The van der Waals surface area contributed by atoms with Crippen molar-refractivity contribution in [2.45, 2.75) is 6.54 Å². The molecule has 0 aliphatic heterocycles. The first-order chi connectivity index (χ1) is 9.88. The van der Waals surface area contributed by atoms with E-state index in [1.54, 1.807) is 0 Å². The maximum absolute atomic E-state index is 13.5. The van der Waals surface area contributed by atoms with Crippen LogP contribution in [0.4, 0.5) is 24.5 Å². The summed E-state index contributed by atoms with van der Waals surface area (Å²) in [6, 6.07) is 4.61. The first-order valence-electron chi connectivity index (χ1n) is 5.73. The van der Waals surface area contributed by atoms with E-state index in [0.29, 0.717) is 6.07 Å². The van der Waals surface area contributed by atoms with Gasteiger partial charge in [0, 0.05) is 36.0 Å². The zero-order valence-electron chi connectivity index (χ0n) is 10.4. The first kappa shape index (κ1) is 14.6. The summed E-state index contributed by atoms with van der Waals surface area (Å²) in [5.74, 6) is -3.63. The minimum absolute atomic E-state index is 0.142. The maximum atomic E-state index is 13.5. The highest BCUT2D eigenvalue weighted by molar-refractivity contribution is 5.48. The average Bonchev–Trinajstić information content (AvgIpc) is 2.41. The van der Waals surface area contributed by atoms with Crippen molar-refractivity contribution in [1.82, 2.24) is 0 Å². The van der Waals surface area contributed by atoms with Crippen LogP contribution >= 0.6 is 0 Å². The van der Waals surface area contributed by atoms with Gasteiger partial charge in [0.25, 0.3) is 0 Å². The first-order valence-corrected chi connectivity index (χ1v) is 5.73. The zero-order chi connectivity index (χ0) is 15.6. The molecule has 8 heteroatoms. The molecular weight excluding hydrogens is 289 g/mol. The third kappa shape index (κ3) is 3.22. The number of anilines is 1. The predicted molar refractivity (Wildman–Crippen MR) is 68.4 cm³/mol. The predicted octanol–water partition coefficient (Wildman–Crippen LogP) is 3.33. The molecule has 0 aliphatic rings. The van der Waals surface area contributed by atoms with Crippen LogP contribution in [0.5, 0.6) is 5.75 Å². The second-order valence-corrected chi connectivity index (χ2v) is 4.17. The summed E-state index contributed by atoms with van der Waals surface area (Å²) in [6.07, 6.45) is 0. The molecule has 110 valence electrons. The number of hydrogen-bond acceptors (Lipinski definition) is 4. The lowest BCUT2D eigenvalue weighted by Gasteiger charge is -2.08. The van der Waals surface area contributed by atoms with Crippen LogP contribution < -0.4 is 5.32 Å². The van der Waals surface area contributed by atoms with E-state index < -0.39 is 33.8 Å². The molecule has 2 aromatic rings. The van der Waals surface area contributed by atoms with Gasteiger partial charge in [-0.1, -0.05) is 0 Å². The highest BCUT2D eigenvalue weighted by Gasteiger charge is 2.18. The van der Waals surface area contributed by atoms with E-state index in [9.17, 15) is 23.3 Å². The lowest BCUT2D eigenvalue weighted by Crippen LogP contribution is -2.04. The van der Waals surface area contributed by atoms with Crippen molar-refractivity contribution in [2.24, 2.45) is 0 Å². The highest BCUT2D eigenvalue weighted by Crippen LogP contribution is 2.23. The molecule has 0 aromatic heterocycles. The number of phenolic OH excluding ortho intramolecular Hbond substituents is 1. The van der Waals surface area contributed by atoms with Crippen molar-refractivity contribution < 1.29 is 23.2 Å². The Morgan fingerprint density at radius 3 is 2.43 bits per heavy atom. The number of benzene rings is 2. The topological polar surface area (TPSA) is 75.4 Å². The Morgan fingerprint density at radius 2 is 1.81 bits per heavy atom. The number of phenols is 1. The lowest BCUT2D eigenvalue weighted by molar-refractivity contribution is -0.387. The standard InChI is InChI=1S/C13H9F3N2O3/c14-9-5-10(15)12(18(20)21)3-7(9)6-17-8-1-2-13(19)11(16)4-8/h1-5,17,19H,6H2. The van der Waals surface area contributed by atoms with Crippen LogP contribution in [0.3, 0.4) is 0 Å². The number of nitrogens with one attached hydrogen (secondary N) is 1. The Labute approximate surface area is 116 Å². The van der Waals surface area contributed by atoms with Gasteiger partial charge in [0.15, 0.2) is 11.6 Å². The largest absolute Gasteiger partial charge is 0.505 e. The van der Waals surface area contributed by atoms with E-state index in [1.807, 2.05) is 0 Å². The second-order valence-electron chi connectivity index (χ2n) is 4.17. The molecule has 0 amide bonds. The Balaban J connectivity index is 2.21. The second kappa shape index (κ2) is 5.70. The van der Waals surface area contributed by atoms with Gasteiger partial charge in [0.2, 0.25) is 5.82 Å². The third-order valence-corrected chi connectivity index (χ3v) is 2.74. The van der Waals surface area contributed by atoms with E-state index in [0.717, 1.165) is 18.2 Å². The van der Waals surface area contributed by atoms with Crippen LogP contribution in [0, 0.1) is 27.6 Å². The van der Waals surface area contributed by atoms with Gasteiger partial charge in [-0.15, -0.1) is 0 Å². The molecule has 0 atom stereocenters. The van der Waals surface area contributed by atoms with Crippen LogP contribution in [0.2, 0.25) is 0 Å². The number of halogens is 3. The summed E-state index contributed by atoms with van der Waals surface area (Å²) >= 11 is 0. The van der Waals surface area contributed by atoms with Crippen molar-refractivity contribution in [3.05, 3.63) is 63.5 Å². The summed E-state index contributed by atoms with van der Waals surface area (Å²) in [5, 5.41) is 22.2. The minimum Gasteiger partial charge on any atom is -0.505 e. The van der Waals surface area contributed by atoms with E-state index in [4.69, 9.17) is 5.11 Å². The van der Waals surface area contributed by atoms with Gasteiger partial charge in [-0.3, -0.25) is 10.1 Å². The quantitative estimate of drug-likeness (QED) is 0.516. The molecule has 0 heterocycles. The fourth-order valence-corrected chi connectivity index (χ4v) is 1.67. The van der Waals surface area contributed by atoms with Gasteiger partial charge in [-0.05, 0) is 12.1 Å². The highest BCUT2D eigenvalue weighted by atomic mass is 19.1. The van der Waals surface area contributed by atoms with Crippen molar-refractivity contribution in [3.63, 3.8) is 0 Å². The normalized spacial score (nSPS) is 10.4. The summed E-state index contributed by atoms with van der Waals surface area (Å²) in [4.78, 5) is 9.63. The van der Waals surface area contributed by atoms with Gasteiger partial charge >= 0.3 is 5.69 Å². The molecule has 0 bridgehead atoms. The summed E-state index contributed by atoms with van der Waals surface area (Å²) in [6.45, 7) is -0.211. The van der Waals surface area contributed by atoms with Crippen LogP contribution in [0.25, 0.3) is 0 Å². The summed E-state index contributed by atoms with van der Waals surface area (Å²) < 4.78 is 39.8. The Morgan fingerprint density at radius 1 is 1.10 bits per heavy atom. The van der Waals surface area contributed by atoms with Gasteiger partial charge in [-0.2, -0.15) is 4.39 Å². The van der Waals surface area contributed by atoms with Crippen LogP contribution in [-0.4, -0.2) is 10.0 Å². The van der Waals surface area contributed by atoms with Gasteiger partial charge in [0.1, 0.15) is 5.82 Å². The molecule has 2 aromatic carbocycles. The number of nitrogens with zero attached hydrogens (tertiary/aromatic N) is 1. The fourth-order valence-electron chi connectivity index (χ4n) is 1.67. The van der Waals surface area contributed by atoms with Crippen LogP contribution in [0.15, 0.2) is 30.3 Å². The molecule has 0 radical (unpaired) electrons. The smallest absolute Gasteiger partial charge is 0.305 e. The molecule has 0 saturated carbocycles. The molecule has 2 N–H and O–H groups in total. The molecular formula is C13H9F3N2O3. The van der Waals surface area contributed by atoms with E-state index in [2.05, 4.69) is 5.32 Å². The average molecular weight is 298 g/mol. The van der Waals surface area contributed by atoms with E-state index in [-0.39, 0.29) is 17.8 Å². The zero-order valence-corrected chi connectivity index (χ0v) is 10.4. The Kier molecular flexibility index (Phi) is 3.97. The Hall–Kier alpha value is -2.77.